The second kappa shape index (κ2) is 8.01. The zero-order chi connectivity index (χ0) is 10.1. The van der Waals surface area contributed by atoms with Gasteiger partial charge in [-0.2, -0.15) is 0 Å². The van der Waals surface area contributed by atoms with E-state index in [1.54, 1.807) is 7.05 Å². The van der Waals surface area contributed by atoms with Gasteiger partial charge in [0.25, 0.3) is 0 Å². The number of hydrogen-bond donors (Lipinski definition) is 2. The van der Waals surface area contributed by atoms with Gasteiger partial charge in [0.2, 0.25) is 5.91 Å². The number of rotatable bonds is 8. The molecule has 0 saturated heterocycles. The maximum absolute atomic E-state index is 10.7. The standard InChI is InChI=1S/C9H20N2O2/c1-3-4-5-6-13-7-8(11-2)9(10)12/h8,11H,3-7H2,1-2H3,(H2,10,12). The van der Waals surface area contributed by atoms with Crippen molar-refractivity contribution >= 4 is 5.91 Å². The predicted molar refractivity (Wildman–Crippen MR) is 52.4 cm³/mol. The van der Waals surface area contributed by atoms with Crippen LogP contribution in [0.25, 0.3) is 0 Å². The average molecular weight is 188 g/mol. The van der Waals surface area contributed by atoms with E-state index in [1.807, 2.05) is 0 Å². The van der Waals surface area contributed by atoms with E-state index in [9.17, 15) is 4.79 Å². The third-order valence-corrected chi connectivity index (χ3v) is 1.87. The first-order valence-electron chi connectivity index (χ1n) is 4.76. The highest BCUT2D eigenvalue weighted by Crippen LogP contribution is 1.94. The molecule has 78 valence electrons. The number of carbonyl (C=O) groups excluding carboxylic acids is 1. The Morgan fingerprint density at radius 2 is 2.23 bits per heavy atom. The van der Waals surface area contributed by atoms with Gasteiger partial charge in [-0.05, 0) is 13.5 Å². The van der Waals surface area contributed by atoms with Gasteiger partial charge < -0.3 is 15.8 Å². The molecule has 3 N–H and O–H groups in total. The molecule has 0 spiro atoms. The molecule has 0 heterocycles. The number of primary amides is 1. The van der Waals surface area contributed by atoms with E-state index in [1.165, 1.54) is 12.8 Å². The smallest absolute Gasteiger partial charge is 0.236 e. The molecule has 0 aromatic heterocycles. The van der Waals surface area contributed by atoms with Gasteiger partial charge in [0, 0.05) is 6.61 Å². The number of amides is 1. The number of carbonyl (C=O) groups is 1. The summed E-state index contributed by atoms with van der Waals surface area (Å²) in [7, 11) is 1.70. The van der Waals surface area contributed by atoms with E-state index in [-0.39, 0.29) is 11.9 Å². The summed E-state index contributed by atoms with van der Waals surface area (Å²) in [4.78, 5) is 10.7. The molecule has 0 fully saturated rings. The fraction of sp³-hybridized carbons (Fsp3) is 0.889. The summed E-state index contributed by atoms with van der Waals surface area (Å²) in [5, 5.41) is 2.79. The monoisotopic (exact) mass is 188 g/mol. The molecule has 0 aromatic rings. The first-order valence-corrected chi connectivity index (χ1v) is 4.76. The van der Waals surface area contributed by atoms with Crippen LogP contribution in [-0.2, 0) is 9.53 Å². The van der Waals surface area contributed by atoms with E-state index in [0.29, 0.717) is 13.2 Å². The van der Waals surface area contributed by atoms with Crippen LogP contribution < -0.4 is 11.1 Å². The molecule has 13 heavy (non-hydrogen) atoms. The Morgan fingerprint density at radius 1 is 1.54 bits per heavy atom. The van der Waals surface area contributed by atoms with Gasteiger partial charge in [-0.1, -0.05) is 19.8 Å². The molecule has 0 rings (SSSR count). The SMILES string of the molecule is CCCCCOCC(NC)C(N)=O. The molecular weight excluding hydrogens is 168 g/mol. The van der Waals surface area contributed by atoms with Crippen molar-refractivity contribution in [2.75, 3.05) is 20.3 Å². The maximum atomic E-state index is 10.7. The molecular formula is C9H20N2O2. The van der Waals surface area contributed by atoms with Crippen molar-refractivity contribution < 1.29 is 9.53 Å². The molecule has 0 saturated carbocycles. The van der Waals surface area contributed by atoms with Crippen LogP contribution in [0.2, 0.25) is 0 Å². The van der Waals surface area contributed by atoms with E-state index in [0.717, 1.165) is 6.42 Å². The second-order valence-corrected chi connectivity index (χ2v) is 3.03. The predicted octanol–water partition coefficient (Wildman–Crippen LogP) is 0.267. The van der Waals surface area contributed by atoms with Gasteiger partial charge in [-0.25, -0.2) is 0 Å². The van der Waals surface area contributed by atoms with Crippen LogP contribution in [0.15, 0.2) is 0 Å². The van der Waals surface area contributed by atoms with Crippen LogP contribution in [0.4, 0.5) is 0 Å². The molecule has 1 unspecified atom stereocenters. The molecule has 0 bridgehead atoms. The number of unbranched alkanes of at least 4 members (excludes halogenated alkanes) is 2. The Balaban J connectivity index is 3.33. The zero-order valence-corrected chi connectivity index (χ0v) is 8.51. The lowest BCUT2D eigenvalue weighted by atomic mass is 10.2. The molecule has 0 aliphatic carbocycles. The Bertz CT molecular complexity index is 140. The minimum atomic E-state index is -0.363. The van der Waals surface area contributed by atoms with Crippen molar-refractivity contribution in [3.05, 3.63) is 0 Å². The second-order valence-electron chi connectivity index (χ2n) is 3.03. The first kappa shape index (κ1) is 12.4. The molecule has 4 heteroatoms. The van der Waals surface area contributed by atoms with Gasteiger partial charge in [0.1, 0.15) is 6.04 Å². The van der Waals surface area contributed by atoms with Gasteiger partial charge in [-0.3, -0.25) is 4.79 Å². The van der Waals surface area contributed by atoms with Crippen molar-refractivity contribution in [3.63, 3.8) is 0 Å². The van der Waals surface area contributed by atoms with E-state index in [4.69, 9.17) is 10.5 Å². The van der Waals surface area contributed by atoms with Gasteiger partial charge in [0.05, 0.1) is 6.61 Å². The van der Waals surface area contributed by atoms with Crippen molar-refractivity contribution in [2.24, 2.45) is 5.73 Å². The highest BCUT2D eigenvalue weighted by Gasteiger charge is 2.11. The highest BCUT2D eigenvalue weighted by atomic mass is 16.5. The lowest BCUT2D eigenvalue weighted by Crippen LogP contribution is -2.42. The lowest BCUT2D eigenvalue weighted by Gasteiger charge is -2.12. The van der Waals surface area contributed by atoms with Crippen molar-refractivity contribution in [2.45, 2.75) is 32.2 Å². The summed E-state index contributed by atoms with van der Waals surface area (Å²) < 4.78 is 5.29. The fourth-order valence-corrected chi connectivity index (χ4v) is 0.963. The van der Waals surface area contributed by atoms with E-state index < -0.39 is 0 Å². The molecule has 0 aliphatic rings. The quantitative estimate of drug-likeness (QED) is 0.537. The van der Waals surface area contributed by atoms with Crippen LogP contribution in [0.1, 0.15) is 26.2 Å². The van der Waals surface area contributed by atoms with Crippen molar-refractivity contribution in [1.82, 2.24) is 5.32 Å². The highest BCUT2D eigenvalue weighted by molar-refractivity contribution is 5.79. The molecule has 0 aliphatic heterocycles. The summed E-state index contributed by atoms with van der Waals surface area (Å²) in [5.74, 6) is -0.363. The minimum absolute atomic E-state index is 0.360. The number of hydrogen-bond acceptors (Lipinski definition) is 3. The molecule has 0 aromatic carbocycles. The third kappa shape index (κ3) is 6.54. The van der Waals surface area contributed by atoms with Crippen LogP contribution in [0, 0.1) is 0 Å². The van der Waals surface area contributed by atoms with E-state index >= 15 is 0 Å². The Kier molecular flexibility index (Phi) is 7.63. The Morgan fingerprint density at radius 3 is 2.69 bits per heavy atom. The van der Waals surface area contributed by atoms with Gasteiger partial charge >= 0.3 is 0 Å². The van der Waals surface area contributed by atoms with Crippen molar-refractivity contribution in [3.8, 4) is 0 Å². The Hall–Kier alpha value is -0.610. The van der Waals surface area contributed by atoms with Crippen LogP contribution >= 0.6 is 0 Å². The number of nitrogens with two attached hydrogens (primary N) is 1. The summed E-state index contributed by atoms with van der Waals surface area (Å²) >= 11 is 0. The number of likely N-dealkylation sites (N-methyl/N-ethyl adjacent to an activating group) is 1. The summed E-state index contributed by atoms with van der Waals surface area (Å²) in [6.45, 7) is 3.22. The van der Waals surface area contributed by atoms with E-state index in [2.05, 4.69) is 12.2 Å². The average Bonchev–Trinajstić information content (AvgIpc) is 2.10. The molecule has 4 nitrogen and oxygen atoms in total. The molecule has 1 atom stereocenters. The Labute approximate surface area is 79.8 Å². The summed E-state index contributed by atoms with van der Waals surface area (Å²) in [5.41, 5.74) is 5.11. The van der Waals surface area contributed by atoms with Crippen molar-refractivity contribution in [1.29, 1.82) is 0 Å². The van der Waals surface area contributed by atoms with Gasteiger partial charge in [-0.15, -0.1) is 0 Å². The fourth-order valence-electron chi connectivity index (χ4n) is 0.963. The largest absolute Gasteiger partial charge is 0.379 e. The lowest BCUT2D eigenvalue weighted by molar-refractivity contribution is -0.121. The summed E-state index contributed by atoms with van der Waals surface area (Å²) in [6.07, 6.45) is 3.39. The zero-order valence-electron chi connectivity index (χ0n) is 8.51. The number of ether oxygens (including phenoxy) is 1. The minimum Gasteiger partial charge on any atom is -0.379 e. The van der Waals surface area contributed by atoms with Crippen LogP contribution in [0.5, 0.6) is 0 Å². The number of nitrogens with one attached hydrogen (secondary N) is 1. The topological polar surface area (TPSA) is 64.3 Å². The van der Waals surface area contributed by atoms with Crippen LogP contribution in [-0.4, -0.2) is 32.2 Å². The molecule has 1 amide bonds. The summed E-state index contributed by atoms with van der Waals surface area (Å²) in [6, 6.07) is -0.360. The maximum Gasteiger partial charge on any atom is 0.236 e. The third-order valence-electron chi connectivity index (χ3n) is 1.87. The van der Waals surface area contributed by atoms with Gasteiger partial charge in [0.15, 0.2) is 0 Å². The molecule has 0 radical (unpaired) electrons. The van der Waals surface area contributed by atoms with Crippen LogP contribution in [0.3, 0.4) is 0 Å². The first-order chi connectivity index (χ1) is 6.22. The normalized spacial score (nSPS) is 12.8.